The van der Waals surface area contributed by atoms with Crippen LogP contribution in [-0.2, 0) is 26.1 Å². The van der Waals surface area contributed by atoms with Crippen molar-refractivity contribution in [2.24, 2.45) is 5.92 Å². The van der Waals surface area contributed by atoms with E-state index in [-0.39, 0.29) is 26.0 Å². The minimum Gasteiger partial charge on any atom is -0.466 e. The Morgan fingerprint density at radius 1 is 1.27 bits per heavy atom. The van der Waals surface area contributed by atoms with Crippen LogP contribution in [0.4, 0.5) is 0 Å². The molecule has 10 heteroatoms. The summed E-state index contributed by atoms with van der Waals surface area (Å²) in [6, 6.07) is 4.90. The molecule has 0 spiro atoms. The first-order chi connectivity index (χ1) is 12.5. The van der Waals surface area contributed by atoms with Gasteiger partial charge in [-0.3, -0.25) is 10.2 Å². The molecule has 3 N–H and O–H groups in total. The second-order valence-corrected chi connectivity index (χ2v) is 7.94. The fraction of sp³-hybridized carbons (Fsp3) is 0.562. The first kappa shape index (κ1) is 18.9. The molecule has 1 aromatic rings. The molecular weight excluding hydrogens is 362 g/mol. The van der Waals surface area contributed by atoms with Gasteiger partial charge >= 0.3 is 5.97 Å². The number of hydrazine groups is 1. The number of hydrogen-bond acceptors (Lipinski definition) is 8. The van der Waals surface area contributed by atoms with E-state index in [1.807, 2.05) is 6.92 Å². The third-order valence-electron chi connectivity index (χ3n) is 4.42. The molecule has 26 heavy (non-hydrogen) atoms. The average molecular weight is 385 g/mol. The van der Waals surface area contributed by atoms with Crippen molar-refractivity contribution in [2.75, 3.05) is 13.4 Å². The van der Waals surface area contributed by atoms with Crippen LogP contribution in [0.3, 0.4) is 0 Å². The van der Waals surface area contributed by atoms with Gasteiger partial charge in [0.15, 0.2) is 16.9 Å². The summed E-state index contributed by atoms with van der Waals surface area (Å²) >= 11 is 0. The number of nitrogens with one attached hydrogen (secondary N) is 3. The van der Waals surface area contributed by atoms with Gasteiger partial charge in [0.25, 0.3) is 0 Å². The smallest absolute Gasteiger partial charge is 0.313 e. The van der Waals surface area contributed by atoms with Crippen LogP contribution < -0.4 is 25.0 Å². The van der Waals surface area contributed by atoms with Crippen LogP contribution >= 0.6 is 0 Å². The van der Waals surface area contributed by atoms with E-state index >= 15 is 0 Å². The van der Waals surface area contributed by atoms with Gasteiger partial charge in [-0.15, -0.1) is 0 Å². The van der Waals surface area contributed by atoms with Crippen LogP contribution in [0, 0.1) is 5.92 Å². The van der Waals surface area contributed by atoms with E-state index in [2.05, 4.69) is 15.6 Å². The molecule has 144 valence electrons. The number of esters is 1. The molecule has 3 unspecified atom stereocenters. The molecule has 3 atom stereocenters. The molecule has 1 fully saturated rings. The summed E-state index contributed by atoms with van der Waals surface area (Å²) in [6.45, 7) is 3.99. The van der Waals surface area contributed by atoms with Crippen LogP contribution in [0.1, 0.15) is 25.8 Å². The quantitative estimate of drug-likeness (QED) is 0.571. The fourth-order valence-corrected chi connectivity index (χ4v) is 4.51. The van der Waals surface area contributed by atoms with Gasteiger partial charge < -0.3 is 14.2 Å². The van der Waals surface area contributed by atoms with E-state index in [1.54, 1.807) is 25.1 Å². The zero-order valence-corrected chi connectivity index (χ0v) is 15.5. The second-order valence-electron chi connectivity index (χ2n) is 6.06. The molecule has 2 heterocycles. The molecule has 3 rings (SSSR count). The van der Waals surface area contributed by atoms with Gasteiger partial charge in [0.2, 0.25) is 16.8 Å². The molecule has 0 radical (unpaired) electrons. The lowest BCUT2D eigenvalue weighted by Gasteiger charge is -2.21. The molecule has 9 nitrogen and oxygen atoms in total. The van der Waals surface area contributed by atoms with Crippen molar-refractivity contribution in [1.82, 2.24) is 15.6 Å². The average Bonchev–Trinajstić information content (AvgIpc) is 3.26. The standard InChI is InChI=1S/C16H23N3O6S/c1-3-11-14(16(20)23-4-2)15(19-18-11)26(21,22)17-8-10-5-6-12-13(7-10)25-9-24-12/h5-7,11,14-15,17-19H,3-4,8-9H2,1-2H3. The van der Waals surface area contributed by atoms with E-state index in [0.29, 0.717) is 17.9 Å². The molecule has 2 aliphatic heterocycles. The van der Waals surface area contributed by atoms with Crippen LogP contribution in [0.2, 0.25) is 0 Å². The maximum Gasteiger partial charge on any atom is 0.313 e. The van der Waals surface area contributed by atoms with Crippen molar-refractivity contribution >= 4 is 16.0 Å². The van der Waals surface area contributed by atoms with Crippen molar-refractivity contribution in [2.45, 2.75) is 38.2 Å². The molecule has 0 aromatic heterocycles. The number of fused-ring (bicyclic) bond motifs is 1. The van der Waals surface area contributed by atoms with Crippen molar-refractivity contribution < 1.29 is 27.4 Å². The highest BCUT2D eigenvalue weighted by atomic mass is 32.2. The van der Waals surface area contributed by atoms with Gasteiger partial charge in [0.1, 0.15) is 5.92 Å². The summed E-state index contributed by atoms with van der Waals surface area (Å²) in [5.41, 5.74) is 6.32. The third-order valence-corrected chi connectivity index (χ3v) is 6.04. The Bertz CT molecular complexity index is 769. The van der Waals surface area contributed by atoms with Crippen molar-refractivity contribution in [3.05, 3.63) is 23.8 Å². The lowest BCUT2D eigenvalue weighted by Crippen LogP contribution is -2.47. The molecule has 0 aliphatic carbocycles. The van der Waals surface area contributed by atoms with E-state index in [4.69, 9.17) is 14.2 Å². The van der Waals surface area contributed by atoms with Crippen molar-refractivity contribution in [3.8, 4) is 11.5 Å². The molecule has 1 aromatic carbocycles. The zero-order chi connectivity index (χ0) is 18.7. The highest BCUT2D eigenvalue weighted by molar-refractivity contribution is 7.90. The second kappa shape index (κ2) is 7.78. The lowest BCUT2D eigenvalue weighted by molar-refractivity contribution is -0.148. The van der Waals surface area contributed by atoms with E-state index in [9.17, 15) is 13.2 Å². The Morgan fingerprint density at radius 3 is 2.77 bits per heavy atom. The normalized spacial score (nSPS) is 24.6. The number of rotatable bonds is 7. The van der Waals surface area contributed by atoms with E-state index in [1.165, 1.54) is 0 Å². The topological polar surface area (TPSA) is 115 Å². The largest absolute Gasteiger partial charge is 0.466 e. The highest BCUT2D eigenvalue weighted by Gasteiger charge is 2.47. The fourth-order valence-electron chi connectivity index (χ4n) is 3.06. The Hall–Kier alpha value is -1.88. The van der Waals surface area contributed by atoms with Gasteiger partial charge in [-0.05, 0) is 31.0 Å². The van der Waals surface area contributed by atoms with E-state index in [0.717, 1.165) is 5.56 Å². The minimum atomic E-state index is -3.82. The van der Waals surface area contributed by atoms with Crippen LogP contribution in [0.15, 0.2) is 18.2 Å². The maximum atomic E-state index is 12.7. The Morgan fingerprint density at radius 2 is 2.04 bits per heavy atom. The van der Waals surface area contributed by atoms with Gasteiger partial charge in [0.05, 0.1) is 6.61 Å². The lowest BCUT2D eigenvalue weighted by atomic mass is 10.00. The molecule has 1 saturated heterocycles. The predicted molar refractivity (Wildman–Crippen MR) is 92.6 cm³/mol. The van der Waals surface area contributed by atoms with Crippen LogP contribution in [0.25, 0.3) is 0 Å². The summed E-state index contributed by atoms with van der Waals surface area (Å²) in [6.07, 6.45) is 0.588. The monoisotopic (exact) mass is 385 g/mol. The van der Waals surface area contributed by atoms with Crippen molar-refractivity contribution in [3.63, 3.8) is 0 Å². The Labute approximate surface area is 152 Å². The summed E-state index contributed by atoms with van der Waals surface area (Å²) < 4.78 is 43.6. The highest BCUT2D eigenvalue weighted by Crippen LogP contribution is 2.32. The molecular formula is C16H23N3O6S. The number of hydrogen-bond donors (Lipinski definition) is 3. The Kier molecular flexibility index (Phi) is 5.66. The van der Waals surface area contributed by atoms with Crippen LogP contribution in [-0.4, -0.2) is 39.2 Å². The molecule has 0 saturated carbocycles. The number of sulfonamides is 1. The maximum absolute atomic E-state index is 12.7. The zero-order valence-electron chi connectivity index (χ0n) is 14.7. The predicted octanol–water partition coefficient (Wildman–Crippen LogP) is 0.227. The summed E-state index contributed by atoms with van der Waals surface area (Å²) in [5.74, 6) is -0.145. The van der Waals surface area contributed by atoms with Crippen LogP contribution in [0.5, 0.6) is 11.5 Å². The third kappa shape index (κ3) is 3.78. The first-order valence-electron chi connectivity index (χ1n) is 8.51. The van der Waals surface area contributed by atoms with Gasteiger partial charge in [-0.2, -0.15) is 0 Å². The SMILES string of the molecule is CCOC(=O)C1C(CC)NNC1S(=O)(=O)NCc1ccc2c(c1)OCO2. The molecule has 2 aliphatic rings. The van der Waals surface area contributed by atoms with Crippen molar-refractivity contribution in [1.29, 1.82) is 0 Å². The minimum absolute atomic E-state index is 0.0729. The summed E-state index contributed by atoms with van der Waals surface area (Å²) in [5, 5.41) is -1.11. The van der Waals surface area contributed by atoms with E-state index < -0.39 is 27.3 Å². The summed E-state index contributed by atoms with van der Waals surface area (Å²) in [7, 11) is -3.82. The molecule has 0 amide bonds. The van der Waals surface area contributed by atoms with Gasteiger partial charge in [-0.25, -0.2) is 18.6 Å². The number of carbonyl (C=O) groups is 1. The number of ether oxygens (including phenoxy) is 3. The van der Waals surface area contributed by atoms with Gasteiger partial charge in [0, 0.05) is 12.6 Å². The summed E-state index contributed by atoms with van der Waals surface area (Å²) in [4.78, 5) is 12.2. The van der Waals surface area contributed by atoms with Gasteiger partial charge in [-0.1, -0.05) is 13.0 Å². The Balaban J connectivity index is 1.71. The number of benzene rings is 1. The first-order valence-corrected chi connectivity index (χ1v) is 10.1. The molecule has 0 bridgehead atoms. The number of carbonyl (C=O) groups excluding carboxylic acids is 1.